The van der Waals surface area contributed by atoms with Crippen LogP contribution in [0.5, 0.6) is 0 Å². The number of fused-ring (bicyclic) bond motifs is 1. The lowest BCUT2D eigenvalue weighted by molar-refractivity contribution is -0.146. The van der Waals surface area contributed by atoms with Gasteiger partial charge in [0.2, 0.25) is 0 Å². The minimum atomic E-state index is -1.18. The fourth-order valence-corrected chi connectivity index (χ4v) is 4.34. The summed E-state index contributed by atoms with van der Waals surface area (Å²) >= 11 is 0. The van der Waals surface area contributed by atoms with E-state index in [1.165, 1.54) is 6.07 Å². The Morgan fingerprint density at radius 3 is 2.09 bits per heavy atom. The first kappa shape index (κ1) is 24.3. The number of aliphatic carboxylic acids is 1. The number of carbonyl (C=O) groups is 3. The third-order valence-electron chi connectivity index (χ3n) is 6.51. The number of carboxylic acids is 1. The molecule has 7 heteroatoms. The van der Waals surface area contributed by atoms with Crippen molar-refractivity contribution in [3.8, 4) is 11.1 Å². The smallest absolute Gasteiger partial charge is 0.309 e. The molecule has 0 saturated heterocycles. The number of aliphatic hydroxyl groups is 1. The molecule has 6 nitrogen and oxygen atoms in total. The van der Waals surface area contributed by atoms with Crippen molar-refractivity contribution in [3.05, 3.63) is 94.8 Å². The van der Waals surface area contributed by atoms with Crippen LogP contribution < -0.4 is 0 Å². The standard InChI is InChI=1S/C28H26FNO5/c1-17-6-10-20(16-24(17)29)19-11-7-18(8-12-19)9-13-25(31)23(28(34)35)14-15-30-26(32)21-4-2-3-5-22(21)27(30)33/h2-8,10-12,16,23,25,31H,9,13-15H2,1H3,(H,34,35)/t23-,25+/m0/s1. The van der Waals surface area contributed by atoms with Gasteiger partial charge in [-0.05, 0) is 66.6 Å². The summed E-state index contributed by atoms with van der Waals surface area (Å²) in [4.78, 5) is 37.9. The summed E-state index contributed by atoms with van der Waals surface area (Å²) in [6.07, 6.45) is -0.536. The van der Waals surface area contributed by atoms with Gasteiger partial charge >= 0.3 is 5.97 Å². The molecule has 0 spiro atoms. The molecule has 4 rings (SSSR count). The van der Waals surface area contributed by atoms with Crippen molar-refractivity contribution in [1.82, 2.24) is 4.90 Å². The summed E-state index contributed by atoms with van der Waals surface area (Å²) in [5, 5.41) is 20.2. The fraction of sp³-hybridized carbons (Fsp3) is 0.250. The van der Waals surface area contributed by atoms with Crippen molar-refractivity contribution in [2.45, 2.75) is 32.3 Å². The molecule has 2 N–H and O–H groups in total. The molecule has 1 aliphatic rings. The minimum absolute atomic E-state index is 0.0418. The summed E-state index contributed by atoms with van der Waals surface area (Å²) in [5.41, 5.74) is 3.72. The number of nitrogens with zero attached hydrogens (tertiary/aromatic N) is 1. The number of carbonyl (C=O) groups excluding carboxylic acids is 2. The van der Waals surface area contributed by atoms with Gasteiger partial charge in [-0.15, -0.1) is 0 Å². The van der Waals surface area contributed by atoms with Gasteiger partial charge in [-0.1, -0.05) is 48.5 Å². The molecule has 1 heterocycles. The Morgan fingerprint density at radius 2 is 1.51 bits per heavy atom. The van der Waals surface area contributed by atoms with Crippen LogP contribution in [-0.4, -0.2) is 45.5 Å². The molecule has 1 aliphatic heterocycles. The van der Waals surface area contributed by atoms with E-state index in [2.05, 4.69) is 0 Å². The van der Waals surface area contributed by atoms with Crippen molar-refractivity contribution >= 4 is 17.8 Å². The number of aryl methyl sites for hydroxylation is 2. The number of benzene rings is 3. The Morgan fingerprint density at radius 1 is 0.914 bits per heavy atom. The highest BCUT2D eigenvalue weighted by Gasteiger charge is 2.36. The first-order chi connectivity index (χ1) is 16.8. The Kier molecular flexibility index (Phi) is 7.07. The lowest BCUT2D eigenvalue weighted by atomic mass is 9.93. The van der Waals surface area contributed by atoms with E-state index in [0.29, 0.717) is 23.1 Å². The van der Waals surface area contributed by atoms with Crippen molar-refractivity contribution < 1.29 is 29.0 Å². The molecule has 0 saturated carbocycles. The maximum Gasteiger partial charge on any atom is 0.309 e. The summed E-state index contributed by atoms with van der Waals surface area (Å²) in [7, 11) is 0. The van der Waals surface area contributed by atoms with Gasteiger partial charge in [-0.3, -0.25) is 19.3 Å². The van der Waals surface area contributed by atoms with E-state index in [-0.39, 0.29) is 25.2 Å². The van der Waals surface area contributed by atoms with Gasteiger partial charge in [0.1, 0.15) is 5.82 Å². The van der Waals surface area contributed by atoms with Gasteiger partial charge in [0.15, 0.2) is 0 Å². The Labute approximate surface area is 202 Å². The summed E-state index contributed by atoms with van der Waals surface area (Å²) in [5.74, 6) is -3.45. The quantitative estimate of drug-likeness (QED) is 0.445. The van der Waals surface area contributed by atoms with Crippen LogP contribution in [-0.2, 0) is 11.2 Å². The third kappa shape index (κ3) is 5.15. The van der Waals surface area contributed by atoms with Crippen LogP contribution in [0.25, 0.3) is 11.1 Å². The number of carboxylic acid groups (broad SMARTS) is 1. The zero-order chi connectivity index (χ0) is 25.1. The van der Waals surface area contributed by atoms with Crippen molar-refractivity contribution in [3.63, 3.8) is 0 Å². The molecular formula is C28H26FNO5. The normalized spacial score (nSPS) is 14.7. The average Bonchev–Trinajstić information content (AvgIpc) is 3.09. The van der Waals surface area contributed by atoms with E-state index < -0.39 is 29.8 Å². The molecule has 180 valence electrons. The van der Waals surface area contributed by atoms with E-state index in [1.807, 2.05) is 30.3 Å². The van der Waals surface area contributed by atoms with Crippen LogP contribution in [0.15, 0.2) is 66.7 Å². The van der Waals surface area contributed by atoms with E-state index in [9.17, 15) is 29.0 Å². The van der Waals surface area contributed by atoms with E-state index in [1.54, 1.807) is 37.3 Å². The highest BCUT2D eigenvalue weighted by atomic mass is 19.1. The fourth-order valence-electron chi connectivity index (χ4n) is 4.34. The molecule has 0 aromatic heterocycles. The van der Waals surface area contributed by atoms with Crippen LogP contribution in [0.1, 0.15) is 44.7 Å². The van der Waals surface area contributed by atoms with Crippen LogP contribution in [0.3, 0.4) is 0 Å². The molecule has 2 atom stereocenters. The largest absolute Gasteiger partial charge is 0.481 e. The molecule has 3 aromatic carbocycles. The van der Waals surface area contributed by atoms with E-state index in [0.717, 1.165) is 21.6 Å². The molecule has 3 aromatic rings. The van der Waals surface area contributed by atoms with Crippen molar-refractivity contribution in [2.24, 2.45) is 5.92 Å². The van der Waals surface area contributed by atoms with Gasteiger partial charge in [0.05, 0.1) is 23.1 Å². The maximum absolute atomic E-state index is 13.9. The number of amides is 2. The molecule has 0 unspecified atom stereocenters. The summed E-state index contributed by atoms with van der Waals surface area (Å²) < 4.78 is 13.9. The van der Waals surface area contributed by atoms with Crippen molar-refractivity contribution in [2.75, 3.05) is 6.54 Å². The van der Waals surface area contributed by atoms with Crippen LogP contribution in [0, 0.1) is 18.7 Å². The zero-order valence-electron chi connectivity index (χ0n) is 19.3. The number of hydrogen-bond acceptors (Lipinski definition) is 4. The topological polar surface area (TPSA) is 94.9 Å². The van der Waals surface area contributed by atoms with Crippen molar-refractivity contribution in [1.29, 1.82) is 0 Å². The predicted molar refractivity (Wildman–Crippen MR) is 128 cm³/mol. The SMILES string of the molecule is Cc1ccc(-c2ccc(CC[C@@H](O)[C@H](CCN3C(=O)c4ccccc4C3=O)C(=O)O)cc2)cc1F. The summed E-state index contributed by atoms with van der Waals surface area (Å²) in [6, 6.07) is 19.0. The maximum atomic E-state index is 13.9. The molecule has 0 radical (unpaired) electrons. The number of aliphatic hydroxyl groups excluding tert-OH is 1. The van der Waals surface area contributed by atoms with Crippen LogP contribution in [0.4, 0.5) is 4.39 Å². The van der Waals surface area contributed by atoms with Gasteiger partial charge in [-0.25, -0.2) is 4.39 Å². The highest BCUT2D eigenvalue weighted by molar-refractivity contribution is 6.21. The van der Waals surface area contributed by atoms with E-state index in [4.69, 9.17) is 0 Å². The second kappa shape index (κ2) is 10.2. The number of rotatable bonds is 9. The second-order valence-electron chi connectivity index (χ2n) is 8.81. The Balaban J connectivity index is 1.35. The predicted octanol–water partition coefficient (Wildman–Crippen LogP) is 4.48. The molecule has 35 heavy (non-hydrogen) atoms. The lowest BCUT2D eigenvalue weighted by Gasteiger charge is -2.22. The van der Waals surface area contributed by atoms with Crippen LogP contribution >= 0.6 is 0 Å². The monoisotopic (exact) mass is 475 g/mol. The Hall–Kier alpha value is -3.84. The van der Waals surface area contributed by atoms with Crippen LogP contribution in [0.2, 0.25) is 0 Å². The molecule has 0 aliphatic carbocycles. The number of imide groups is 1. The second-order valence-corrected chi connectivity index (χ2v) is 8.81. The number of halogens is 1. The third-order valence-corrected chi connectivity index (χ3v) is 6.51. The molecule has 0 fully saturated rings. The molecule has 2 amide bonds. The average molecular weight is 476 g/mol. The highest BCUT2D eigenvalue weighted by Crippen LogP contribution is 2.26. The first-order valence-corrected chi connectivity index (χ1v) is 11.5. The van der Waals surface area contributed by atoms with Gasteiger partial charge in [-0.2, -0.15) is 0 Å². The molecule has 0 bridgehead atoms. The number of hydrogen-bond donors (Lipinski definition) is 2. The first-order valence-electron chi connectivity index (χ1n) is 11.5. The molecular weight excluding hydrogens is 449 g/mol. The van der Waals surface area contributed by atoms with Gasteiger partial charge in [0.25, 0.3) is 11.8 Å². The van der Waals surface area contributed by atoms with Gasteiger partial charge in [0, 0.05) is 6.54 Å². The summed E-state index contributed by atoms with van der Waals surface area (Å²) in [6.45, 7) is 1.62. The van der Waals surface area contributed by atoms with E-state index >= 15 is 0 Å². The Bertz CT molecular complexity index is 1240. The lowest BCUT2D eigenvalue weighted by Crippen LogP contribution is -2.36. The minimum Gasteiger partial charge on any atom is -0.481 e. The zero-order valence-corrected chi connectivity index (χ0v) is 19.3. The van der Waals surface area contributed by atoms with Gasteiger partial charge < -0.3 is 10.2 Å².